The van der Waals surface area contributed by atoms with Gasteiger partial charge in [0.05, 0.1) is 0 Å². The van der Waals surface area contributed by atoms with E-state index in [1.807, 2.05) is 0 Å². The Morgan fingerprint density at radius 2 is 1.35 bits per heavy atom. The first-order valence-electron chi connectivity index (χ1n) is 7.43. The van der Waals surface area contributed by atoms with Gasteiger partial charge in [-0.05, 0) is 18.9 Å². The summed E-state index contributed by atoms with van der Waals surface area (Å²) in [5, 5.41) is 0. The van der Waals surface area contributed by atoms with Gasteiger partial charge in [0, 0.05) is 18.2 Å². The largest absolute Gasteiger partial charge is 0.249 e. The van der Waals surface area contributed by atoms with Crippen LogP contribution in [-0.4, -0.2) is 18.8 Å². The molecular formula is C16H11F6NO2S. The predicted octanol–water partition coefficient (Wildman–Crippen LogP) is 3.87. The monoisotopic (exact) mass is 395 g/mol. The van der Waals surface area contributed by atoms with Gasteiger partial charge >= 0.3 is 0 Å². The summed E-state index contributed by atoms with van der Waals surface area (Å²) < 4.78 is 108. The van der Waals surface area contributed by atoms with E-state index in [1.54, 1.807) is 0 Å². The van der Waals surface area contributed by atoms with Crippen molar-refractivity contribution in [1.82, 2.24) is 4.31 Å². The van der Waals surface area contributed by atoms with E-state index in [9.17, 15) is 34.8 Å². The number of benzene rings is 2. The Bertz CT molecular complexity index is 946. The maximum Gasteiger partial charge on any atom is 0.249 e. The summed E-state index contributed by atoms with van der Waals surface area (Å²) in [5.74, 6) is -12.8. The van der Waals surface area contributed by atoms with Crippen LogP contribution in [0.15, 0.2) is 29.2 Å². The quantitative estimate of drug-likeness (QED) is 0.438. The molecule has 1 fully saturated rings. The molecule has 0 heterocycles. The van der Waals surface area contributed by atoms with Crippen LogP contribution in [-0.2, 0) is 16.6 Å². The maximum absolute atomic E-state index is 14.0. The third-order valence-corrected chi connectivity index (χ3v) is 5.89. The van der Waals surface area contributed by atoms with Gasteiger partial charge in [0.1, 0.15) is 5.82 Å². The van der Waals surface area contributed by atoms with Crippen LogP contribution < -0.4 is 0 Å². The van der Waals surface area contributed by atoms with E-state index >= 15 is 0 Å². The molecule has 26 heavy (non-hydrogen) atoms. The second kappa shape index (κ2) is 6.58. The van der Waals surface area contributed by atoms with Crippen molar-refractivity contribution in [2.24, 2.45) is 0 Å². The molecule has 2 aromatic rings. The van der Waals surface area contributed by atoms with Gasteiger partial charge in [0.2, 0.25) is 15.8 Å². The molecule has 0 atom stereocenters. The predicted molar refractivity (Wildman–Crippen MR) is 78.4 cm³/mol. The molecule has 140 valence electrons. The third-order valence-electron chi connectivity index (χ3n) is 3.97. The second-order valence-electron chi connectivity index (χ2n) is 5.77. The molecule has 3 nitrogen and oxygen atoms in total. The summed E-state index contributed by atoms with van der Waals surface area (Å²) in [5.41, 5.74) is -0.0909. The van der Waals surface area contributed by atoms with E-state index in [4.69, 9.17) is 0 Å². The average Bonchev–Trinajstić information content (AvgIpc) is 3.42. The Balaban J connectivity index is 2.13. The van der Waals surface area contributed by atoms with Gasteiger partial charge in [0.25, 0.3) is 0 Å². The van der Waals surface area contributed by atoms with Crippen LogP contribution in [0, 0.1) is 34.9 Å². The molecule has 2 aromatic carbocycles. The lowest BCUT2D eigenvalue weighted by atomic mass is 10.2. The van der Waals surface area contributed by atoms with Gasteiger partial charge < -0.3 is 0 Å². The van der Waals surface area contributed by atoms with Crippen molar-refractivity contribution in [3.05, 3.63) is 64.7 Å². The smallest absolute Gasteiger partial charge is 0.207 e. The lowest BCUT2D eigenvalue weighted by molar-refractivity contribution is 0.345. The molecule has 3 rings (SSSR count). The van der Waals surface area contributed by atoms with Gasteiger partial charge in [-0.3, -0.25) is 0 Å². The maximum atomic E-state index is 14.0. The highest BCUT2D eigenvalue weighted by atomic mass is 32.2. The number of hydrogen-bond acceptors (Lipinski definition) is 2. The van der Waals surface area contributed by atoms with Crippen molar-refractivity contribution < 1.29 is 34.8 Å². The van der Waals surface area contributed by atoms with E-state index < -0.39 is 62.4 Å². The minimum absolute atomic E-state index is 0.0909. The second-order valence-corrected chi connectivity index (χ2v) is 7.60. The molecule has 10 heteroatoms. The molecule has 0 N–H and O–H groups in total. The van der Waals surface area contributed by atoms with Crippen LogP contribution in [0.3, 0.4) is 0 Å². The summed E-state index contributed by atoms with van der Waals surface area (Å²) in [6.07, 6.45) is 0.645. The zero-order valence-electron chi connectivity index (χ0n) is 12.9. The lowest BCUT2D eigenvalue weighted by Gasteiger charge is -2.23. The Kier molecular flexibility index (Phi) is 4.74. The van der Waals surface area contributed by atoms with Crippen LogP contribution in [0.4, 0.5) is 26.3 Å². The van der Waals surface area contributed by atoms with Crippen LogP contribution in [0.2, 0.25) is 0 Å². The van der Waals surface area contributed by atoms with E-state index in [2.05, 4.69) is 0 Å². The topological polar surface area (TPSA) is 37.4 Å². The van der Waals surface area contributed by atoms with Crippen molar-refractivity contribution in [3.8, 4) is 0 Å². The summed E-state index contributed by atoms with van der Waals surface area (Å²) >= 11 is 0. The van der Waals surface area contributed by atoms with Crippen molar-refractivity contribution in [1.29, 1.82) is 0 Å². The summed E-state index contributed by atoms with van der Waals surface area (Å²) in [4.78, 5) is -1.93. The molecule has 0 unspecified atom stereocenters. The number of sulfonamides is 1. The van der Waals surface area contributed by atoms with Crippen LogP contribution in [0.5, 0.6) is 0 Å². The number of halogens is 6. The molecule has 0 saturated heterocycles. The molecule has 1 saturated carbocycles. The van der Waals surface area contributed by atoms with Crippen LogP contribution in [0.25, 0.3) is 0 Å². The first-order chi connectivity index (χ1) is 12.2. The molecule has 0 aromatic heterocycles. The molecule has 0 bridgehead atoms. The zero-order valence-corrected chi connectivity index (χ0v) is 13.8. The fourth-order valence-electron chi connectivity index (χ4n) is 2.50. The van der Waals surface area contributed by atoms with Gasteiger partial charge in [-0.15, -0.1) is 0 Å². The van der Waals surface area contributed by atoms with E-state index in [-0.39, 0.29) is 5.56 Å². The Labute approximate surface area is 144 Å². The van der Waals surface area contributed by atoms with Crippen LogP contribution in [0.1, 0.15) is 18.4 Å². The average molecular weight is 395 g/mol. The highest BCUT2D eigenvalue weighted by molar-refractivity contribution is 7.89. The summed E-state index contributed by atoms with van der Waals surface area (Å²) in [6, 6.07) is 4.40. The van der Waals surface area contributed by atoms with Crippen molar-refractivity contribution in [3.63, 3.8) is 0 Å². The molecule has 0 aliphatic heterocycles. The number of nitrogens with zero attached hydrogens (tertiary/aromatic N) is 1. The van der Waals surface area contributed by atoms with Gasteiger partial charge in [-0.25, -0.2) is 34.8 Å². The zero-order chi connectivity index (χ0) is 19.2. The summed E-state index contributed by atoms with van der Waals surface area (Å²) in [6.45, 7) is -0.598. The summed E-state index contributed by atoms with van der Waals surface area (Å²) in [7, 11) is -5.11. The fraction of sp³-hybridized carbons (Fsp3) is 0.250. The van der Waals surface area contributed by atoms with E-state index in [0.29, 0.717) is 17.1 Å². The highest BCUT2D eigenvalue weighted by Gasteiger charge is 2.43. The SMILES string of the molecule is O=S(=O)(c1c(F)c(F)c(F)c(F)c1F)N(Cc1ccccc1F)C1CC1. The Morgan fingerprint density at radius 3 is 1.85 bits per heavy atom. The Morgan fingerprint density at radius 1 is 0.846 bits per heavy atom. The molecular weight excluding hydrogens is 384 g/mol. The van der Waals surface area contributed by atoms with E-state index in [1.165, 1.54) is 18.2 Å². The number of hydrogen-bond donors (Lipinski definition) is 0. The first kappa shape index (κ1) is 18.7. The van der Waals surface area contributed by atoms with E-state index in [0.717, 1.165) is 6.07 Å². The lowest BCUT2D eigenvalue weighted by Crippen LogP contribution is -2.34. The van der Waals surface area contributed by atoms with Gasteiger partial charge in [0.15, 0.2) is 28.2 Å². The van der Waals surface area contributed by atoms with Crippen molar-refractivity contribution in [2.75, 3.05) is 0 Å². The van der Waals surface area contributed by atoms with Crippen molar-refractivity contribution in [2.45, 2.75) is 30.3 Å². The van der Waals surface area contributed by atoms with Crippen molar-refractivity contribution >= 4 is 10.0 Å². The normalized spacial score (nSPS) is 14.9. The molecule has 1 aliphatic rings. The molecule has 0 radical (unpaired) electrons. The minimum Gasteiger partial charge on any atom is -0.207 e. The minimum atomic E-state index is -5.11. The van der Waals surface area contributed by atoms with Gasteiger partial charge in [-0.2, -0.15) is 4.31 Å². The fourth-order valence-corrected chi connectivity index (χ4v) is 4.27. The highest BCUT2D eigenvalue weighted by Crippen LogP contribution is 2.36. The number of rotatable bonds is 5. The van der Waals surface area contributed by atoms with Gasteiger partial charge in [-0.1, -0.05) is 18.2 Å². The first-order valence-corrected chi connectivity index (χ1v) is 8.87. The standard InChI is InChI=1S/C16H11F6NO2S/c17-10-4-2-1-3-8(10)7-23(9-5-6-9)26(24,25)16-14(21)12(19)11(18)13(20)15(16)22/h1-4,9H,5-7H2. The molecule has 0 spiro atoms. The van der Waals surface area contributed by atoms with Crippen LogP contribution >= 0.6 is 0 Å². The third kappa shape index (κ3) is 3.07. The molecule has 0 amide bonds. The molecule has 1 aliphatic carbocycles. The Hall–Kier alpha value is -2.07.